The maximum atomic E-state index is 12.9. The maximum Gasteiger partial charge on any atom is 0.431 e. The van der Waals surface area contributed by atoms with Crippen molar-refractivity contribution in [3.8, 4) is 0 Å². The number of carbonyl (C=O) groups excluding carboxylic acids is 1. The van der Waals surface area contributed by atoms with E-state index in [2.05, 4.69) is 0 Å². The molecule has 0 aliphatic heterocycles. The summed E-state index contributed by atoms with van der Waals surface area (Å²) in [5.41, 5.74) is -0.457. The number of halogens is 4. The van der Waals surface area contributed by atoms with E-state index in [1.807, 2.05) is 0 Å². The van der Waals surface area contributed by atoms with E-state index in [0.29, 0.717) is 6.08 Å². The van der Waals surface area contributed by atoms with Gasteiger partial charge >= 0.3 is 21.3 Å². The van der Waals surface area contributed by atoms with Crippen LogP contribution in [0.1, 0.15) is 19.8 Å². The van der Waals surface area contributed by atoms with Crippen LogP contribution in [0.3, 0.4) is 0 Å². The van der Waals surface area contributed by atoms with Crippen LogP contribution < -0.4 is 5.11 Å². The van der Waals surface area contributed by atoms with Gasteiger partial charge in [0.05, 0.1) is 5.97 Å². The molecule has 106 valence electrons. The summed E-state index contributed by atoms with van der Waals surface area (Å²) in [7, 11) is -6.26. The van der Waals surface area contributed by atoms with Gasteiger partial charge < -0.3 is 9.90 Å². The monoisotopic (exact) mass is 293 g/mol. The normalized spacial score (nSPS) is 14.7. The molecule has 0 atom stereocenters. The first-order valence-electron chi connectivity index (χ1n) is 4.43. The molecule has 0 amide bonds. The summed E-state index contributed by atoms with van der Waals surface area (Å²) < 4.78 is 79.3. The number of carbonyl (C=O) groups is 1. The number of aliphatic carboxylic acids is 1. The van der Waals surface area contributed by atoms with Crippen LogP contribution in [0.4, 0.5) is 17.6 Å². The highest BCUT2D eigenvalue weighted by molar-refractivity contribution is 7.87. The number of allylic oxidation sites excluding steroid dienone is 1. The molecule has 0 saturated heterocycles. The summed E-state index contributed by atoms with van der Waals surface area (Å²) in [4.78, 5) is 10.2. The van der Waals surface area contributed by atoms with Gasteiger partial charge in [-0.2, -0.15) is 26.0 Å². The molecule has 0 aromatic carbocycles. The van der Waals surface area contributed by atoms with Crippen LogP contribution in [0.2, 0.25) is 0 Å². The first-order chi connectivity index (χ1) is 7.83. The van der Waals surface area contributed by atoms with Crippen molar-refractivity contribution in [1.82, 2.24) is 0 Å². The third-order valence-electron chi connectivity index (χ3n) is 1.98. The lowest BCUT2D eigenvalue weighted by Gasteiger charge is -2.23. The molecule has 0 fully saturated rings. The zero-order valence-electron chi connectivity index (χ0n) is 8.99. The van der Waals surface area contributed by atoms with Gasteiger partial charge in [0.2, 0.25) is 0 Å². The van der Waals surface area contributed by atoms with Crippen molar-refractivity contribution in [2.75, 3.05) is 0 Å². The molecule has 0 aliphatic carbocycles. The molecular formula is C8H9F4O5S-. The molecular weight excluding hydrogens is 284 g/mol. The molecule has 18 heavy (non-hydrogen) atoms. The van der Waals surface area contributed by atoms with E-state index in [1.54, 1.807) is 0 Å². The van der Waals surface area contributed by atoms with E-state index in [9.17, 15) is 35.9 Å². The Morgan fingerprint density at radius 1 is 1.33 bits per heavy atom. The molecule has 5 nitrogen and oxygen atoms in total. The third-order valence-corrected chi connectivity index (χ3v) is 2.93. The predicted molar refractivity (Wildman–Crippen MR) is 49.4 cm³/mol. The van der Waals surface area contributed by atoms with Crippen molar-refractivity contribution in [3.63, 3.8) is 0 Å². The Morgan fingerprint density at radius 3 is 2.11 bits per heavy atom. The van der Waals surface area contributed by atoms with Gasteiger partial charge in [0.15, 0.2) is 0 Å². The standard InChI is InChI=1S/C8H10F4O5S/c1-5(6(13)14)3-2-4-7(9,10)8(11,12)18(15,16)17/h3H,2,4H2,1H3,(H,13,14)(H,15,16,17)/p-1. The quantitative estimate of drug-likeness (QED) is 0.439. The van der Waals surface area contributed by atoms with Crippen LogP contribution in [0.5, 0.6) is 0 Å². The number of alkyl halides is 4. The average molecular weight is 293 g/mol. The number of hydrogen-bond donors (Lipinski definition) is 1. The van der Waals surface area contributed by atoms with Crippen LogP contribution >= 0.6 is 0 Å². The lowest BCUT2D eigenvalue weighted by Crippen LogP contribution is -2.46. The van der Waals surface area contributed by atoms with Crippen molar-refractivity contribution in [2.24, 2.45) is 0 Å². The fraction of sp³-hybridized carbons (Fsp3) is 0.625. The molecule has 0 heterocycles. The van der Waals surface area contributed by atoms with E-state index in [-0.39, 0.29) is 0 Å². The minimum absolute atomic E-state index is 0.457. The van der Waals surface area contributed by atoms with E-state index in [4.69, 9.17) is 4.55 Å². The van der Waals surface area contributed by atoms with E-state index in [1.165, 1.54) is 0 Å². The largest absolute Gasteiger partial charge is 0.545 e. The van der Waals surface area contributed by atoms with Crippen molar-refractivity contribution in [3.05, 3.63) is 11.6 Å². The van der Waals surface area contributed by atoms with Gasteiger partial charge in [-0.05, 0) is 18.9 Å². The zero-order chi connectivity index (χ0) is 14.8. The topological polar surface area (TPSA) is 94.5 Å². The summed E-state index contributed by atoms with van der Waals surface area (Å²) >= 11 is 0. The average Bonchev–Trinajstić information content (AvgIpc) is 2.14. The number of carboxylic acids is 1. The van der Waals surface area contributed by atoms with Crippen molar-refractivity contribution < 1.29 is 40.4 Å². The molecule has 0 bridgehead atoms. The second-order valence-electron chi connectivity index (χ2n) is 3.41. The van der Waals surface area contributed by atoms with Crippen LogP contribution in [0.25, 0.3) is 0 Å². The fourth-order valence-corrected chi connectivity index (χ4v) is 1.37. The molecule has 0 radical (unpaired) electrons. The third kappa shape index (κ3) is 3.67. The zero-order valence-corrected chi connectivity index (χ0v) is 9.81. The van der Waals surface area contributed by atoms with Crippen LogP contribution in [0, 0.1) is 0 Å². The molecule has 0 unspecified atom stereocenters. The Balaban J connectivity index is 4.89. The molecule has 0 aliphatic rings. The van der Waals surface area contributed by atoms with Gasteiger partial charge in [0.1, 0.15) is 0 Å². The summed E-state index contributed by atoms with van der Waals surface area (Å²) in [6.07, 6.45) is -1.79. The Kier molecular flexibility index (Phi) is 4.89. The lowest BCUT2D eigenvalue weighted by atomic mass is 10.1. The predicted octanol–water partition coefficient (Wildman–Crippen LogP) is 0.579. The first-order valence-corrected chi connectivity index (χ1v) is 5.87. The van der Waals surface area contributed by atoms with Gasteiger partial charge in [0.25, 0.3) is 0 Å². The Labute approximate surface area is 99.9 Å². The summed E-state index contributed by atoms with van der Waals surface area (Å²) in [5.74, 6) is -6.69. The van der Waals surface area contributed by atoms with Crippen molar-refractivity contribution in [1.29, 1.82) is 0 Å². The molecule has 0 aromatic heterocycles. The highest BCUT2D eigenvalue weighted by atomic mass is 32.2. The molecule has 1 N–H and O–H groups in total. The molecule has 0 aromatic rings. The first kappa shape index (κ1) is 16.8. The molecule has 10 heteroatoms. The Morgan fingerprint density at radius 2 is 1.78 bits per heavy atom. The van der Waals surface area contributed by atoms with Gasteiger partial charge in [0, 0.05) is 6.42 Å². The van der Waals surface area contributed by atoms with Gasteiger partial charge in [-0.25, -0.2) is 0 Å². The minimum atomic E-state index is -6.26. The smallest absolute Gasteiger partial charge is 0.431 e. The highest BCUT2D eigenvalue weighted by Gasteiger charge is 2.64. The van der Waals surface area contributed by atoms with Crippen LogP contribution in [-0.4, -0.2) is 30.1 Å². The van der Waals surface area contributed by atoms with Crippen molar-refractivity contribution in [2.45, 2.75) is 30.9 Å². The molecule has 0 saturated carbocycles. The van der Waals surface area contributed by atoms with Crippen molar-refractivity contribution >= 4 is 16.1 Å². The second kappa shape index (κ2) is 5.22. The summed E-state index contributed by atoms with van der Waals surface area (Å²) in [6, 6.07) is 0. The maximum absolute atomic E-state index is 12.9. The number of carboxylic acid groups (broad SMARTS) is 1. The highest BCUT2D eigenvalue weighted by Crippen LogP contribution is 2.41. The fourth-order valence-electron chi connectivity index (χ4n) is 0.888. The van der Waals surface area contributed by atoms with E-state index in [0.717, 1.165) is 6.92 Å². The summed E-state index contributed by atoms with van der Waals surface area (Å²) in [6.45, 7) is 0.994. The molecule has 0 spiro atoms. The van der Waals surface area contributed by atoms with E-state index >= 15 is 0 Å². The van der Waals surface area contributed by atoms with Gasteiger partial charge in [-0.15, -0.1) is 0 Å². The summed E-state index contributed by atoms with van der Waals surface area (Å²) in [5, 5.41) is 4.52. The van der Waals surface area contributed by atoms with Gasteiger partial charge in [-0.3, -0.25) is 4.55 Å². The number of hydrogen-bond acceptors (Lipinski definition) is 4. The minimum Gasteiger partial charge on any atom is -0.545 e. The van der Waals surface area contributed by atoms with Crippen LogP contribution in [0.15, 0.2) is 11.6 Å². The van der Waals surface area contributed by atoms with Crippen LogP contribution in [-0.2, 0) is 14.9 Å². The Bertz CT molecular complexity index is 454. The Hall–Kier alpha value is -1.16. The number of rotatable bonds is 6. The SMILES string of the molecule is CC(=CCCC(F)(F)C(F)(F)S(=O)(=O)O)C(=O)[O-]. The second-order valence-corrected chi connectivity index (χ2v) is 4.87. The van der Waals surface area contributed by atoms with E-state index < -0.39 is 45.7 Å². The van der Waals surface area contributed by atoms with Gasteiger partial charge in [-0.1, -0.05) is 6.08 Å². The molecule has 0 rings (SSSR count). The lowest BCUT2D eigenvalue weighted by molar-refractivity contribution is -0.299.